The molecule has 1 aliphatic carbocycles. The Morgan fingerprint density at radius 2 is 2.23 bits per heavy atom. The lowest BCUT2D eigenvalue weighted by Gasteiger charge is -2.20. The van der Waals surface area contributed by atoms with Crippen molar-refractivity contribution in [3.05, 3.63) is 0 Å². The van der Waals surface area contributed by atoms with Crippen LogP contribution in [0.1, 0.15) is 33.1 Å². The van der Waals surface area contributed by atoms with Crippen molar-refractivity contribution in [3.8, 4) is 11.8 Å². The molecular formula is C11H18O2. The summed E-state index contributed by atoms with van der Waals surface area (Å²) in [5.74, 6) is 6.26. The van der Waals surface area contributed by atoms with Crippen molar-refractivity contribution in [2.45, 2.75) is 45.3 Å². The Kier molecular flexibility index (Phi) is 4.27. The van der Waals surface area contributed by atoms with Crippen LogP contribution < -0.4 is 0 Å². The van der Waals surface area contributed by atoms with Gasteiger partial charge in [0.25, 0.3) is 0 Å². The van der Waals surface area contributed by atoms with Gasteiger partial charge in [0.1, 0.15) is 0 Å². The predicted octanol–water partition coefficient (Wildman–Crippen LogP) is 1.58. The number of hydrogen-bond acceptors (Lipinski definition) is 2. The first kappa shape index (κ1) is 10.6. The van der Waals surface area contributed by atoms with Crippen molar-refractivity contribution in [3.63, 3.8) is 0 Å². The van der Waals surface area contributed by atoms with Gasteiger partial charge >= 0.3 is 0 Å². The molecule has 0 aliphatic heterocycles. The van der Waals surface area contributed by atoms with Gasteiger partial charge in [-0.25, -0.2) is 0 Å². The lowest BCUT2D eigenvalue weighted by Crippen LogP contribution is -2.30. The van der Waals surface area contributed by atoms with E-state index in [1.54, 1.807) is 6.92 Å². The fraction of sp³-hybridized carbons (Fsp3) is 0.818. The zero-order valence-electron chi connectivity index (χ0n) is 8.42. The molecule has 2 unspecified atom stereocenters. The quantitative estimate of drug-likeness (QED) is 0.654. The Morgan fingerprint density at radius 1 is 1.54 bits per heavy atom. The molecule has 0 aromatic rings. The maximum Gasteiger partial charge on any atom is 0.0913 e. The first-order valence-corrected chi connectivity index (χ1v) is 4.98. The number of aliphatic hydroxyl groups excluding tert-OH is 1. The van der Waals surface area contributed by atoms with Crippen LogP contribution in [0.25, 0.3) is 0 Å². The molecule has 0 aromatic heterocycles. The van der Waals surface area contributed by atoms with Crippen LogP contribution >= 0.6 is 0 Å². The average molecular weight is 182 g/mol. The lowest BCUT2D eigenvalue weighted by molar-refractivity contribution is -0.0420. The molecule has 0 aromatic carbocycles. The Morgan fingerprint density at radius 3 is 2.69 bits per heavy atom. The lowest BCUT2D eigenvalue weighted by atomic mass is 10.1. The van der Waals surface area contributed by atoms with Crippen molar-refractivity contribution in [1.29, 1.82) is 0 Å². The Balaban J connectivity index is 2.36. The summed E-state index contributed by atoms with van der Waals surface area (Å²) in [5.41, 5.74) is 0. The maximum absolute atomic E-state index is 9.75. The number of aliphatic hydroxyl groups is 1. The zero-order valence-corrected chi connectivity index (χ0v) is 8.42. The fourth-order valence-corrected chi connectivity index (χ4v) is 1.50. The molecule has 1 fully saturated rings. The summed E-state index contributed by atoms with van der Waals surface area (Å²) in [6.07, 6.45) is 2.55. The summed E-state index contributed by atoms with van der Waals surface area (Å²) in [5, 5.41) is 9.75. The van der Waals surface area contributed by atoms with Crippen LogP contribution in [0.5, 0.6) is 0 Å². The Bertz CT molecular complexity index is 198. The smallest absolute Gasteiger partial charge is 0.0913 e. The molecule has 1 N–H and O–H groups in total. The van der Waals surface area contributed by atoms with Crippen LogP contribution in [0.4, 0.5) is 0 Å². The third-order valence-electron chi connectivity index (χ3n) is 2.31. The minimum Gasteiger partial charge on any atom is -0.389 e. The van der Waals surface area contributed by atoms with Crippen LogP contribution in [0.2, 0.25) is 0 Å². The predicted molar refractivity (Wildman–Crippen MR) is 52.2 cm³/mol. The van der Waals surface area contributed by atoms with E-state index in [-0.39, 0.29) is 6.10 Å². The Labute approximate surface area is 80.3 Å². The summed E-state index contributed by atoms with van der Waals surface area (Å²) in [6.45, 7) is 4.44. The van der Waals surface area contributed by atoms with Gasteiger partial charge in [-0.3, -0.25) is 0 Å². The fourth-order valence-electron chi connectivity index (χ4n) is 1.50. The van der Waals surface area contributed by atoms with Gasteiger partial charge in [0.2, 0.25) is 0 Å². The highest BCUT2D eigenvalue weighted by molar-refractivity contribution is 4.99. The van der Waals surface area contributed by atoms with Gasteiger partial charge in [-0.05, 0) is 32.6 Å². The molecule has 2 nitrogen and oxygen atoms in total. The van der Waals surface area contributed by atoms with E-state index in [1.165, 1.54) is 12.8 Å². The largest absolute Gasteiger partial charge is 0.389 e. The van der Waals surface area contributed by atoms with Crippen LogP contribution in [0.15, 0.2) is 0 Å². The molecule has 1 saturated carbocycles. The minimum absolute atomic E-state index is 0.0193. The molecule has 0 amide bonds. The van der Waals surface area contributed by atoms with E-state index in [0.29, 0.717) is 18.9 Å². The second-order valence-corrected chi connectivity index (χ2v) is 3.46. The molecule has 0 bridgehead atoms. The van der Waals surface area contributed by atoms with E-state index in [2.05, 4.69) is 11.8 Å². The van der Waals surface area contributed by atoms with Crippen LogP contribution in [-0.4, -0.2) is 23.9 Å². The van der Waals surface area contributed by atoms with Crippen LogP contribution in [0.3, 0.4) is 0 Å². The number of rotatable bonds is 5. The summed E-state index contributed by atoms with van der Waals surface area (Å²) < 4.78 is 5.51. The van der Waals surface area contributed by atoms with Gasteiger partial charge in [-0.2, -0.15) is 0 Å². The topological polar surface area (TPSA) is 29.5 Å². The van der Waals surface area contributed by atoms with Crippen molar-refractivity contribution < 1.29 is 9.84 Å². The third kappa shape index (κ3) is 3.38. The summed E-state index contributed by atoms with van der Waals surface area (Å²) >= 11 is 0. The van der Waals surface area contributed by atoms with Crippen molar-refractivity contribution in [2.75, 3.05) is 6.61 Å². The van der Waals surface area contributed by atoms with E-state index in [0.717, 1.165) is 0 Å². The summed E-state index contributed by atoms with van der Waals surface area (Å²) in [6, 6.07) is 0. The molecule has 0 heterocycles. The highest BCUT2D eigenvalue weighted by Gasteiger charge is 2.36. The summed E-state index contributed by atoms with van der Waals surface area (Å²) in [7, 11) is 0. The molecule has 0 saturated heterocycles. The standard InChI is InChI=1S/C11H18O2/c1-3-5-6-10(12)11(13-4-2)9-7-8-9/h9-12H,4,6-8H2,1-2H3. The van der Waals surface area contributed by atoms with Crippen molar-refractivity contribution in [1.82, 2.24) is 0 Å². The molecule has 1 aliphatic rings. The van der Waals surface area contributed by atoms with Gasteiger partial charge in [-0.15, -0.1) is 11.8 Å². The van der Waals surface area contributed by atoms with Gasteiger partial charge in [0.05, 0.1) is 12.2 Å². The Hall–Kier alpha value is -0.520. The zero-order chi connectivity index (χ0) is 9.68. The van der Waals surface area contributed by atoms with Gasteiger partial charge in [-0.1, -0.05) is 0 Å². The van der Waals surface area contributed by atoms with E-state index in [9.17, 15) is 5.11 Å². The van der Waals surface area contributed by atoms with Crippen molar-refractivity contribution in [2.24, 2.45) is 5.92 Å². The first-order chi connectivity index (χ1) is 6.29. The van der Waals surface area contributed by atoms with Gasteiger partial charge < -0.3 is 9.84 Å². The second kappa shape index (κ2) is 5.26. The van der Waals surface area contributed by atoms with Crippen LogP contribution in [-0.2, 0) is 4.74 Å². The van der Waals surface area contributed by atoms with Crippen LogP contribution in [0, 0.1) is 17.8 Å². The molecule has 74 valence electrons. The highest BCUT2D eigenvalue weighted by atomic mass is 16.5. The maximum atomic E-state index is 9.75. The highest BCUT2D eigenvalue weighted by Crippen LogP contribution is 2.36. The molecule has 1 rings (SSSR count). The molecular weight excluding hydrogens is 164 g/mol. The minimum atomic E-state index is -0.403. The molecule has 2 atom stereocenters. The molecule has 13 heavy (non-hydrogen) atoms. The SMILES string of the molecule is CC#CCC(O)C(OCC)C1CC1. The molecule has 0 spiro atoms. The average Bonchev–Trinajstić information content (AvgIpc) is 2.93. The number of hydrogen-bond donors (Lipinski definition) is 1. The second-order valence-electron chi connectivity index (χ2n) is 3.46. The van der Waals surface area contributed by atoms with E-state index >= 15 is 0 Å². The molecule has 0 radical (unpaired) electrons. The molecule has 2 heteroatoms. The van der Waals surface area contributed by atoms with Crippen molar-refractivity contribution >= 4 is 0 Å². The summed E-state index contributed by atoms with van der Waals surface area (Å²) in [4.78, 5) is 0. The normalized spacial score (nSPS) is 20.2. The van der Waals surface area contributed by atoms with Gasteiger partial charge in [0, 0.05) is 13.0 Å². The number of ether oxygens (including phenoxy) is 1. The van der Waals surface area contributed by atoms with Gasteiger partial charge in [0.15, 0.2) is 0 Å². The third-order valence-corrected chi connectivity index (χ3v) is 2.31. The first-order valence-electron chi connectivity index (χ1n) is 4.98. The van der Waals surface area contributed by atoms with E-state index in [4.69, 9.17) is 4.74 Å². The van der Waals surface area contributed by atoms with E-state index in [1.807, 2.05) is 6.92 Å². The monoisotopic (exact) mass is 182 g/mol. The van der Waals surface area contributed by atoms with E-state index < -0.39 is 6.10 Å².